The first-order valence-corrected chi connectivity index (χ1v) is 6.12. The molecular formula is C15H13ClO3. The third-order valence-corrected chi connectivity index (χ3v) is 2.81. The lowest BCUT2D eigenvalue weighted by Gasteiger charge is -2.07. The second-order valence-corrected chi connectivity index (χ2v) is 4.37. The van der Waals surface area contributed by atoms with E-state index in [0.29, 0.717) is 22.9 Å². The van der Waals surface area contributed by atoms with Crippen molar-refractivity contribution in [1.29, 1.82) is 0 Å². The number of rotatable bonds is 4. The molecule has 0 unspecified atom stereocenters. The minimum Gasteiger partial charge on any atom is -0.489 e. The van der Waals surface area contributed by atoms with Gasteiger partial charge in [0, 0.05) is 5.02 Å². The normalized spacial score (nSPS) is 10.0. The zero-order valence-corrected chi connectivity index (χ0v) is 11.2. The second-order valence-electron chi connectivity index (χ2n) is 3.93. The first kappa shape index (κ1) is 13.4. The monoisotopic (exact) mass is 276 g/mol. The summed E-state index contributed by atoms with van der Waals surface area (Å²) < 4.78 is 10.2. The summed E-state index contributed by atoms with van der Waals surface area (Å²) in [7, 11) is 1.36. The number of benzene rings is 2. The van der Waals surface area contributed by atoms with Gasteiger partial charge in [0.1, 0.15) is 12.4 Å². The standard InChI is InChI=1S/C15H13ClO3/c1-18-15(17)12-7-5-11(6-8-12)10-19-14-4-2-3-13(16)9-14/h2-9H,10H2,1H3. The number of hydrogen-bond donors (Lipinski definition) is 0. The SMILES string of the molecule is COC(=O)c1ccc(COc2cccc(Cl)c2)cc1. The van der Waals surface area contributed by atoms with Gasteiger partial charge in [0.25, 0.3) is 0 Å². The zero-order valence-electron chi connectivity index (χ0n) is 10.4. The molecule has 98 valence electrons. The molecule has 0 amide bonds. The highest BCUT2D eigenvalue weighted by Crippen LogP contribution is 2.18. The highest BCUT2D eigenvalue weighted by molar-refractivity contribution is 6.30. The molecule has 0 radical (unpaired) electrons. The fourth-order valence-corrected chi connectivity index (χ4v) is 1.76. The maximum atomic E-state index is 11.3. The van der Waals surface area contributed by atoms with Gasteiger partial charge in [0.05, 0.1) is 12.7 Å². The number of esters is 1. The van der Waals surface area contributed by atoms with Gasteiger partial charge < -0.3 is 9.47 Å². The molecule has 0 bridgehead atoms. The molecular weight excluding hydrogens is 264 g/mol. The van der Waals surface area contributed by atoms with Crippen molar-refractivity contribution in [3.05, 3.63) is 64.7 Å². The second kappa shape index (κ2) is 6.25. The molecule has 0 N–H and O–H groups in total. The Hall–Kier alpha value is -2.00. The third kappa shape index (κ3) is 3.73. The average molecular weight is 277 g/mol. The molecule has 0 saturated heterocycles. The molecule has 0 spiro atoms. The van der Waals surface area contributed by atoms with E-state index in [1.807, 2.05) is 24.3 Å². The van der Waals surface area contributed by atoms with Gasteiger partial charge in [-0.05, 0) is 35.9 Å². The van der Waals surface area contributed by atoms with Crippen LogP contribution < -0.4 is 4.74 Å². The van der Waals surface area contributed by atoms with Crippen LogP contribution in [0.2, 0.25) is 5.02 Å². The fourth-order valence-electron chi connectivity index (χ4n) is 1.58. The van der Waals surface area contributed by atoms with Crippen LogP contribution in [0.5, 0.6) is 5.75 Å². The van der Waals surface area contributed by atoms with E-state index < -0.39 is 0 Å². The third-order valence-electron chi connectivity index (χ3n) is 2.58. The highest BCUT2D eigenvalue weighted by atomic mass is 35.5. The van der Waals surface area contributed by atoms with E-state index in [4.69, 9.17) is 16.3 Å². The van der Waals surface area contributed by atoms with Crippen LogP contribution in [-0.4, -0.2) is 13.1 Å². The van der Waals surface area contributed by atoms with Gasteiger partial charge in [0.15, 0.2) is 0 Å². The van der Waals surface area contributed by atoms with Crippen molar-refractivity contribution in [2.45, 2.75) is 6.61 Å². The van der Waals surface area contributed by atoms with Crippen LogP contribution in [0.3, 0.4) is 0 Å². The summed E-state index contributed by atoms with van der Waals surface area (Å²) >= 11 is 5.87. The predicted molar refractivity (Wildman–Crippen MR) is 73.6 cm³/mol. The van der Waals surface area contributed by atoms with E-state index in [9.17, 15) is 4.79 Å². The van der Waals surface area contributed by atoms with E-state index in [1.54, 1.807) is 24.3 Å². The Morgan fingerprint density at radius 2 is 1.89 bits per heavy atom. The topological polar surface area (TPSA) is 35.5 Å². The molecule has 0 heterocycles. The van der Waals surface area contributed by atoms with E-state index >= 15 is 0 Å². The Balaban J connectivity index is 1.98. The van der Waals surface area contributed by atoms with Crippen molar-refractivity contribution in [1.82, 2.24) is 0 Å². The minimum atomic E-state index is -0.345. The number of methoxy groups -OCH3 is 1. The fraction of sp³-hybridized carbons (Fsp3) is 0.133. The van der Waals surface area contributed by atoms with Crippen LogP contribution in [0, 0.1) is 0 Å². The molecule has 2 rings (SSSR count). The summed E-state index contributed by atoms with van der Waals surface area (Å²) in [5.74, 6) is 0.367. The lowest BCUT2D eigenvalue weighted by atomic mass is 10.1. The molecule has 0 saturated carbocycles. The van der Waals surface area contributed by atoms with Crippen LogP contribution >= 0.6 is 11.6 Å². The van der Waals surface area contributed by atoms with Crippen LogP contribution in [0.4, 0.5) is 0 Å². The Kier molecular flexibility index (Phi) is 4.42. The van der Waals surface area contributed by atoms with Gasteiger partial charge in [-0.15, -0.1) is 0 Å². The van der Waals surface area contributed by atoms with Gasteiger partial charge in [-0.3, -0.25) is 0 Å². The zero-order chi connectivity index (χ0) is 13.7. The maximum Gasteiger partial charge on any atom is 0.337 e. The first-order chi connectivity index (χ1) is 9.19. The highest BCUT2D eigenvalue weighted by Gasteiger charge is 2.04. The molecule has 2 aromatic rings. The molecule has 0 aliphatic heterocycles. The summed E-state index contributed by atoms with van der Waals surface area (Å²) in [5, 5.41) is 0.638. The van der Waals surface area contributed by atoms with Crippen LogP contribution in [0.15, 0.2) is 48.5 Å². The summed E-state index contributed by atoms with van der Waals surface area (Å²) in [6.45, 7) is 0.418. The molecule has 0 aliphatic rings. The smallest absolute Gasteiger partial charge is 0.337 e. The van der Waals surface area contributed by atoms with Crippen molar-refractivity contribution >= 4 is 17.6 Å². The van der Waals surface area contributed by atoms with Crippen molar-refractivity contribution in [2.75, 3.05) is 7.11 Å². The first-order valence-electron chi connectivity index (χ1n) is 5.74. The Bertz CT molecular complexity index is 564. The lowest BCUT2D eigenvalue weighted by molar-refractivity contribution is 0.0600. The number of hydrogen-bond acceptors (Lipinski definition) is 3. The number of carbonyl (C=O) groups is 1. The molecule has 4 heteroatoms. The quantitative estimate of drug-likeness (QED) is 0.799. The molecule has 0 atom stereocenters. The lowest BCUT2D eigenvalue weighted by Crippen LogP contribution is -2.01. The van der Waals surface area contributed by atoms with Crippen LogP contribution in [0.1, 0.15) is 15.9 Å². The molecule has 3 nitrogen and oxygen atoms in total. The predicted octanol–water partition coefficient (Wildman–Crippen LogP) is 3.71. The van der Waals surface area contributed by atoms with E-state index in [-0.39, 0.29) is 5.97 Å². The average Bonchev–Trinajstić information content (AvgIpc) is 2.45. The van der Waals surface area contributed by atoms with E-state index in [0.717, 1.165) is 5.56 Å². The van der Waals surface area contributed by atoms with E-state index in [1.165, 1.54) is 7.11 Å². The van der Waals surface area contributed by atoms with Gasteiger partial charge in [0.2, 0.25) is 0 Å². The van der Waals surface area contributed by atoms with Gasteiger partial charge in [-0.2, -0.15) is 0 Å². The number of halogens is 1. The van der Waals surface area contributed by atoms with E-state index in [2.05, 4.69) is 4.74 Å². The minimum absolute atomic E-state index is 0.345. The summed E-state index contributed by atoms with van der Waals surface area (Å²) in [5.41, 5.74) is 1.49. The summed E-state index contributed by atoms with van der Waals surface area (Å²) in [6, 6.07) is 14.3. The van der Waals surface area contributed by atoms with Crippen molar-refractivity contribution in [3.63, 3.8) is 0 Å². The van der Waals surface area contributed by atoms with Gasteiger partial charge >= 0.3 is 5.97 Å². The van der Waals surface area contributed by atoms with Gasteiger partial charge in [-0.25, -0.2) is 4.79 Å². The van der Waals surface area contributed by atoms with Crippen molar-refractivity contribution in [3.8, 4) is 5.75 Å². The van der Waals surface area contributed by atoms with Crippen molar-refractivity contribution in [2.24, 2.45) is 0 Å². The number of ether oxygens (including phenoxy) is 2. The molecule has 0 fully saturated rings. The summed E-state index contributed by atoms with van der Waals surface area (Å²) in [4.78, 5) is 11.3. The molecule has 19 heavy (non-hydrogen) atoms. The molecule has 0 aliphatic carbocycles. The molecule has 0 aromatic heterocycles. The van der Waals surface area contributed by atoms with Crippen LogP contribution in [-0.2, 0) is 11.3 Å². The van der Waals surface area contributed by atoms with Gasteiger partial charge in [-0.1, -0.05) is 29.8 Å². The Labute approximate surface area is 116 Å². The number of carbonyl (C=O) groups excluding carboxylic acids is 1. The van der Waals surface area contributed by atoms with Crippen molar-refractivity contribution < 1.29 is 14.3 Å². The maximum absolute atomic E-state index is 11.3. The Morgan fingerprint density at radius 3 is 2.53 bits per heavy atom. The Morgan fingerprint density at radius 1 is 1.16 bits per heavy atom. The summed E-state index contributed by atoms with van der Waals surface area (Å²) in [6.07, 6.45) is 0. The largest absolute Gasteiger partial charge is 0.489 e. The van der Waals surface area contributed by atoms with Crippen LogP contribution in [0.25, 0.3) is 0 Å². The molecule has 2 aromatic carbocycles.